The van der Waals surface area contributed by atoms with E-state index in [0.29, 0.717) is 11.4 Å². The van der Waals surface area contributed by atoms with E-state index in [1.807, 2.05) is 0 Å². The molecule has 1 atom stereocenters. The van der Waals surface area contributed by atoms with Crippen molar-refractivity contribution in [2.45, 2.75) is 56.6 Å². The van der Waals surface area contributed by atoms with Crippen LogP contribution in [0.2, 0.25) is 5.02 Å². The minimum Gasteiger partial charge on any atom is -0.377 e. The third-order valence-corrected chi connectivity index (χ3v) is 4.85. The van der Waals surface area contributed by atoms with Crippen LogP contribution < -0.4 is 5.73 Å². The smallest absolute Gasteiger partial charge is 0.123 e. The summed E-state index contributed by atoms with van der Waals surface area (Å²) in [5, 5.41) is 0.571. The number of nitrogens with two attached hydrogens (primary N) is 1. The van der Waals surface area contributed by atoms with E-state index in [2.05, 4.69) is 0 Å². The largest absolute Gasteiger partial charge is 0.377 e. The fraction of sp³-hybridized carbons (Fsp3) is 0.625. The van der Waals surface area contributed by atoms with Crippen molar-refractivity contribution in [1.82, 2.24) is 0 Å². The summed E-state index contributed by atoms with van der Waals surface area (Å²) in [6.45, 7) is 0. The van der Waals surface area contributed by atoms with Crippen LogP contribution in [0.5, 0.6) is 0 Å². The van der Waals surface area contributed by atoms with E-state index < -0.39 is 0 Å². The minimum absolute atomic E-state index is 0.162. The van der Waals surface area contributed by atoms with Crippen molar-refractivity contribution >= 4 is 11.6 Å². The predicted octanol–water partition coefficient (Wildman–Crippen LogP) is 4.09. The molecule has 1 aromatic carbocycles. The first-order chi connectivity index (χ1) is 9.57. The molecular formula is C16H23ClFNO. The van der Waals surface area contributed by atoms with Gasteiger partial charge in [0.15, 0.2) is 0 Å². The molecule has 1 saturated carbocycles. The molecule has 1 fully saturated rings. The molecule has 0 amide bonds. The standard InChI is InChI=1S/C16H23ClFNO/c1-20-16(8-4-2-3-5-9-16)15(19)11-12-10-13(18)6-7-14(12)17/h6-7,10,15H,2-5,8-9,11,19H2,1H3. The van der Waals surface area contributed by atoms with Crippen molar-refractivity contribution < 1.29 is 9.13 Å². The first-order valence-electron chi connectivity index (χ1n) is 7.32. The van der Waals surface area contributed by atoms with Gasteiger partial charge < -0.3 is 10.5 Å². The molecule has 1 aromatic rings. The Labute approximate surface area is 125 Å². The molecule has 0 aromatic heterocycles. The van der Waals surface area contributed by atoms with Crippen molar-refractivity contribution in [2.75, 3.05) is 7.11 Å². The fourth-order valence-corrected chi connectivity index (χ4v) is 3.37. The summed E-state index contributed by atoms with van der Waals surface area (Å²) in [6, 6.07) is 4.27. The van der Waals surface area contributed by atoms with Gasteiger partial charge in [0, 0.05) is 18.2 Å². The first kappa shape index (κ1) is 15.7. The van der Waals surface area contributed by atoms with Gasteiger partial charge in [0.2, 0.25) is 0 Å². The molecule has 1 unspecified atom stereocenters. The number of halogens is 2. The van der Waals surface area contributed by atoms with Crippen LogP contribution in [0.3, 0.4) is 0 Å². The summed E-state index contributed by atoms with van der Waals surface area (Å²) >= 11 is 6.14. The van der Waals surface area contributed by atoms with Crippen LogP contribution >= 0.6 is 11.6 Å². The number of ether oxygens (including phenoxy) is 1. The van der Waals surface area contributed by atoms with Gasteiger partial charge in [-0.1, -0.05) is 37.3 Å². The highest BCUT2D eigenvalue weighted by Crippen LogP contribution is 2.34. The van der Waals surface area contributed by atoms with E-state index in [-0.39, 0.29) is 17.5 Å². The summed E-state index contributed by atoms with van der Waals surface area (Å²) in [7, 11) is 1.73. The van der Waals surface area contributed by atoms with Gasteiger partial charge in [0.1, 0.15) is 5.82 Å². The highest BCUT2D eigenvalue weighted by atomic mass is 35.5. The maximum atomic E-state index is 13.4. The second-order valence-electron chi connectivity index (χ2n) is 5.73. The van der Waals surface area contributed by atoms with Crippen molar-refractivity contribution in [3.63, 3.8) is 0 Å². The van der Waals surface area contributed by atoms with Gasteiger partial charge >= 0.3 is 0 Å². The maximum absolute atomic E-state index is 13.4. The Morgan fingerprint density at radius 3 is 2.55 bits per heavy atom. The van der Waals surface area contributed by atoms with E-state index >= 15 is 0 Å². The maximum Gasteiger partial charge on any atom is 0.123 e. The zero-order valence-electron chi connectivity index (χ0n) is 12.0. The van der Waals surface area contributed by atoms with Crippen molar-refractivity contribution in [3.8, 4) is 0 Å². The SMILES string of the molecule is COC1(C(N)Cc2cc(F)ccc2Cl)CCCCCC1. The predicted molar refractivity (Wildman–Crippen MR) is 80.5 cm³/mol. The molecule has 0 bridgehead atoms. The lowest BCUT2D eigenvalue weighted by Gasteiger charge is -2.37. The van der Waals surface area contributed by atoms with Gasteiger partial charge in [-0.3, -0.25) is 0 Å². The molecule has 2 N–H and O–H groups in total. The highest BCUT2D eigenvalue weighted by molar-refractivity contribution is 6.31. The van der Waals surface area contributed by atoms with Crippen LogP contribution in [0, 0.1) is 5.82 Å². The zero-order valence-corrected chi connectivity index (χ0v) is 12.8. The van der Waals surface area contributed by atoms with Gasteiger partial charge in [-0.2, -0.15) is 0 Å². The molecule has 2 rings (SSSR count). The van der Waals surface area contributed by atoms with Crippen LogP contribution in [-0.2, 0) is 11.2 Å². The second kappa shape index (κ2) is 6.88. The van der Waals surface area contributed by atoms with Gasteiger partial charge in [-0.15, -0.1) is 0 Å². The van der Waals surface area contributed by atoms with Gasteiger partial charge in [-0.25, -0.2) is 4.39 Å². The zero-order chi connectivity index (χ0) is 14.6. The van der Waals surface area contributed by atoms with E-state index in [0.717, 1.165) is 31.2 Å². The lowest BCUT2D eigenvalue weighted by Crippen LogP contribution is -2.50. The number of rotatable bonds is 4. The van der Waals surface area contributed by atoms with Crippen LogP contribution in [-0.4, -0.2) is 18.8 Å². The van der Waals surface area contributed by atoms with E-state index in [1.165, 1.54) is 25.0 Å². The molecule has 0 aliphatic heterocycles. The second-order valence-corrected chi connectivity index (χ2v) is 6.14. The average Bonchev–Trinajstić information content (AvgIpc) is 2.69. The third kappa shape index (κ3) is 3.51. The number of methoxy groups -OCH3 is 1. The molecule has 0 heterocycles. The molecule has 0 radical (unpaired) electrons. The topological polar surface area (TPSA) is 35.2 Å². The summed E-state index contributed by atoms with van der Waals surface area (Å²) in [4.78, 5) is 0. The monoisotopic (exact) mass is 299 g/mol. The summed E-state index contributed by atoms with van der Waals surface area (Å²) < 4.78 is 19.2. The normalized spacial score (nSPS) is 20.4. The van der Waals surface area contributed by atoms with E-state index in [9.17, 15) is 4.39 Å². The lowest BCUT2D eigenvalue weighted by atomic mass is 9.83. The Morgan fingerprint density at radius 1 is 1.30 bits per heavy atom. The van der Waals surface area contributed by atoms with Gasteiger partial charge in [-0.05, 0) is 43.0 Å². The van der Waals surface area contributed by atoms with E-state index in [1.54, 1.807) is 13.2 Å². The summed E-state index contributed by atoms with van der Waals surface area (Å²) in [5.74, 6) is -0.274. The first-order valence-corrected chi connectivity index (χ1v) is 7.70. The molecule has 112 valence electrons. The molecule has 2 nitrogen and oxygen atoms in total. The molecule has 0 spiro atoms. The van der Waals surface area contributed by atoms with Crippen molar-refractivity contribution in [3.05, 3.63) is 34.6 Å². The van der Waals surface area contributed by atoms with Crippen LogP contribution in [0.4, 0.5) is 4.39 Å². The quantitative estimate of drug-likeness (QED) is 0.850. The van der Waals surface area contributed by atoms with Crippen LogP contribution in [0.25, 0.3) is 0 Å². The molecule has 4 heteroatoms. The van der Waals surface area contributed by atoms with Gasteiger partial charge in [0.05, 0.1) is 5.60 Å². The van der Waals surface area contributed by atoms with E-state index in [4.69, 9.17) is 22.1 Å². The molecule has 1 aliphatic rings. The molecule has 1 aliphatic carbocycles. The average molecular weight is 300 g/mol. The Morgan fingerprint density at radius 2 is 1.95 bits per heavy atom. The lowest BCUT2D eigenvalue weighted by molar-refractivity contribution is -0.0430. The fourth-order valence-electron chi connectivity index (χ4n) is 3.18. The molecule has 0 saturated heterocycles. The summed E-state index contributed by atoms with van der Waals surface area (Å²) in [5.41, 5.74) is 6.87. The highest BCUT2D eigenvalue weighted by Gasteiger charge is 2.37. The number of hydrogen-bond acceptors (Lipinski definition) is 2. The molecular weight excluding hydrogens is 277 g/mol. The Balaban J connectivity index is 2.16. The number of hydrogen-bond donors (Lipinski definition) is 1. The Hall–Kier alpha value is -0.640. The third-order valence-electron chi connectivity index (χ3n) is 4.48. The van der Waals surface area contributed by atoms with Crippen LogP contribution in [0.15, 0.2) is 18.2 Å². The summed E-state index contributed by atoms with van der Waals surface area (Å²) in [6.07, 6.45) is 7.23. The van der Waals surface area contributed by atoms with Gasteiger partial charge in [0.25, 0.3) is 0 Å². The van der Waals surface area contributed by atoms with Crippen molar-refractivity contribution in [1.29, 1.82) is 0 Å². The Bertz CT molecular complexity index is 444. The number of benzene rings is 1. The molecule has 20 heavy (non-hydrogen) atoms. The van der Waals surface area contributed by atoms with Crippen molar-refractivity contribution in [2.24, 2.45) is 5.73 Å². The van der Waals surface area contributed by atoms with Crippen LogP contribution in [0.1, 0.15) is 44.1 Å². The minimum atomic E-state index is -0.299. The Kier molecular flexibility index (Phi) is 5.42.